The van der Waals surface area contributed by atoms with Crippen LogP contribution in [0.15, 0.2) is 29.1 Å². The fourth-order valence-electron chi connectivity index (χ4n) is 2.54. The van der Waals surface area contributed by atoms with Gasteiger partial charge in [0.1, 0.15) is 23.5 Å². The molecule has 1 saturated heterocycles. The molecule has 0 amide bonds. The van der Waals surface area contributed by atoms with Crippen LogP contribution in [0.25, 0.3) is 0 Å². The minimum atomic E-state index is -0.601. The van der Waals surface area contributed by atoms with Crippen molar-refractivity contribution in [3.8, 4) is 0 Å². The lowest BCUT2D eigenvalue weighted by atomic mass is 9.93. The standard InChI is InChI=1S/C16H23NO4S2/c1-3-5-12(17-20-6-4-2)14-13(18)9-16(21-15(14)19)10-22-7-8-23-11-16/h4,18H,2-3,5-11H2,1H3. The molecule has 0 unspecified atom stereocenters. The largest absolute Gasteiger partial charge is 0.511 e. The average molecular weight is 357 g/mol. The lowest BCUT2D eigenvalue weighted by molar-refractivity contribution is -0.152. The molecule has 0 bridgehead atoms. The first-order chi connectivity index (χ1) is 11.1. The quantitative estimate of drug-likeness (QED) is 0.259. The molecule has 23 heavy (non-hydrogen) atoms. The zero-order chi connectivity index (χ0) is 16.7. The minimum absolute atomic E-state index is 0.0683. The van der Waals surface area contributed by atoms with Crippen molar-refractivity contribution in [2.45, 2.75) is 31.8 Å². The van der Waals surface area contributed by atoms with Crippen molar-refractivity contribution in [2.75, 3.05) is 29.6 Å². The summed E-state index contributed by atoms with van der Waals surface area (Å²) in [4.78, 5) is 17.6. The third kappa shape index (κ3) is 4.70. The van der Waals surface area contributed by atoms with Gasteiger partial charge in [-0.2, -0.15) is 23.5 Å². The van der Waals surface area contributed by atoms with Crippen LogP contribution in [0.4, 0.5) is 0 Å². The number of hydrogen-bond acceptors (Lipinski definition) is 7. The molecule has 0 aromatic heterocycles. The van der Waals surface area contributed by atoms with Gasteiger partial charge in [0.15, 0.2) is 0 Å². The second-order valence-corrected chi connectivity index (χ2v) is 7.76. The lowest BCUT2D eigenvalue weighted by Gasteiger charge is -2.35. The highest BCUT2D eigenvalue weighted by Crippen LogP contribution is 2.37. The highest BCUT2D eigenvalue weighted by molar-refractivity contribution is 8.03. The molecular weight excluding hydrogens is 334 g/mol. The Bertz CT molecular complexity index is 508. The number of aliphatic hydroxyl groups excluding tert-OH is 1. The van der Waals surface area contributed by atoms with E-state index in [-0.39, 0.29) is 17.9 Å². The maximum Gasteiger partial charge on any atom is 0.344 e. The van der Waals surface area contributed by atoms with E-state index in [9.17, 15) is 9.90 Å². The van der Waals surface area contributed by atoms with E-state index >= 15 is 0 Å². The Morgan fingerprint density at radius 1 is 1.48 bits per heavy atom. The maximum absolute atomic E-state index is 12.5. The summed E-state index contributed by atoms with van der Waals surface area (Å²) >= 11 is 3.53. The van der Waals surface area contributed by atoms with Gasteiger partial charge in [0.05, 0.1) is 5.71 Å². The van der Waals surface area contributed by atoms with E-state index in [0.717, 1.165) is 29.4 Å². The molecule has 2 aliphatic heterocycles. The summed E-state index contributed by atoms with van der Waals surface area (Å²) in [7, 11) is 0. The molecule has 0 aliphatic carbocycles. The van der Waals surface area contributed by atoms with Gasteiger partial charge >= 0.3 is 5.97 Å². The van der Waals surface area contributed by atoms with E-state index in [1.165, 1.54) is 0 Å². The molecule has 0 atom stereocenters. The third-order valence-electron chi connectivity index (χ3n) is 3.54. The molecule has 1 spiro atoms. The van der Waals surface area contributed by atoms with Crippen molar-refractivity contribution in [3.63, 3.8) is 0 Å². The van der Waals surface area contributed by atoms with Gasteiger partial charge in [-0.05, 0) is 6.42 Å². The van der Waals surface area contributed by atoms with Gasteiger partial charge in [-0.25, -0.2) is 4.79 Å². The summed E-state index contributed by atoms with van der Waals surface area (Å²) in [5.41, 5.74) is 0.0110. The highest BCUT2D eigenvalue weighted by Gasteiger charge is 2.43. The van der Waals surface area contributed by atoms with E-state index in [1.54, 1.807) is 29.6 Å². The van der Waals surface area contributed by atoms with Crippen LogP contribution in [-0.4, -0.2) is 52.0 Å². The second-order valence-electron chi connectivity index (χ2n) is 5.55. The van der Waals surface area contributed by atoms with Crippen LogP contribution in [-0.2, 0) is 14.4 Å². The van der Waals surface area contributed by atoms with E-state index in [4.69, 9.17) is 9.57 Å². The molecule has 2 rings (SSSR count). The van der Waals surface area contributed by atoms with Crippen molar-refractivity contribution >= 4 is 35.2 Å². The number of aliphatic hydroxyl groups is 1. The molecule has 1 N–H and O–H groups in total. The number of thioether (sulfide) groups is 2. The summed E-state index contributed by atoms with van der Waals surface area (Å²) < 4.78 is 5.76. The number of carbonyl (C=O) groups is 1. The Morgan fingerprint density at radius 3 is 2.74 bits per heavy atom. The summed E-state index contributed by atoms with van der Waals surface area (Å²) in [6, 6.07) is 0. The fourth-order valence-corrected chi connectivity index (χ4v) is 5.17. The number of oxime groups is 1. The summed E-state index contributed by atoms with van der Waals surface area (Å²) in [5, 5.41) is 14.5. The smallest absolute Gasteiger partial charge is 0.344 e. The van der Waals surface area contributed by atoms with Crippen LogP contribution in [0.2, 0.25) is 0 Å². The van der Waals surface area contributed by atoms with Crippen molar-refractivity contribution in [1.29, 1.82) is 0 Å². The first kappa shape index (κ1) is 18.3. The van der Waals surface area contributed by atoms with Gasteiger partial charge in [-0.15, -0.1) is 0 Å². The molecule has 5 nitrogen and oxygen atoms in total. The molecule has 7 heteroatoms. The zero-order valence-corrected chi connectivity index (χ0v) is 15.0. The minimum Gasteiger partial charge on any atom is -0.511 e. The second kappa shape index (κ2) is 8.68. The maximum atomic E-state index is 12.5. The topological polar surface area (TPSA) is 68.1 Å². The zero-order valence-electron chi connectivity index (χ0n) is 13.4. The Morgan fingerprint density at radius 2 is 2.17 bits per heavy atom. The van der Waals surface area contributed by atoms with E-state index < -0.39 is 11.6 Å². The number of rotatable bonds is 6. The average Bonchev–Trinajstić information content (AvgIpc) is 2.72. The van der Waals surface area contributed by atoms with Gasteiger partial charge in [0.25, 0.3) is 0 Å². The number of ether oxygens (including phenoxy) is 1. The summed E-state index contributed by atoms with van der Waals surface area (Å²) in [6.07, 6.45) is 3.26. The fraction of sp³-hybridized carbons (Fsp3) is 0.625. The Kier molecular flexibility index (Phi) is 6.89. The first-order valence-electron chi connectivity index (χ1n) is 7.73. The Balaban J connectivity index is 2.24. The predicted octanol–water partition coefficient (Wildman–Crippen LogP) is 3.32. The molecule has 0 radical (unpaired) electrons. The number of esters is 1. The number of hydrogen-bond donors (Lipinski definition) is 1. The number of carbonyl (C=O) groups excluding carboxylic acids is 1. The van der Waals surface area contributed by atoms with Crippen LogP contribution in [0.5, 0.6) is 0 Å². The van der Waals surface area contributed by atoms with Crippen LogP contribution >= 0.6 is 23.5 Å². The van der Waals surface area contributed by atoms with Gasteiger partial charge in [-0.3, -0.25) is 0 Å². The summed E-state index contributed by atoms with van der Waals surface area (Å²) in [6.45, 7) is 5.80. The van der Waals surface area contributed by atoms with Gasteiger partial charge < -0.3 is 14.7 Å². The first-order valence-corrected chi connectivity index (χ1v) is 10.0. The van der Waals surface area contributed by atoms with Crippen molar-refractivity contribution in [3.05, 3.63) is 24.0 Å². The van der Waals surface area contributed by atoms with Gasteiger partial charge in [0, 0.05) is 29.4 Å². The molecule has 2 heterocycles. The highest BCUT2D eigenvalue weighted by atomic mass is 32.2. The third-order valence-corrected chi connectivity index (χ3v) is 6.24. The normalized spacial score (nSPS) is 21.8. The van der Waals surface area contributed by atoms with Crippen molar-refractivity contribution in [1.82, 2.24) is 0 Å². The molecule has 0 aromatic rings. The van der Waals surface area contributed by atoms with Crippen LogP contribution in [0, 0.1) is 0 Å². The lowest BCUT2D eigenvalue weighted by Crippen LogP contribution is -2.45. The van der Waals surface area contributed by atoms with Crippen molar-refractivity contribution in [2.24, 2.45) is 5.16 Å². The molecule has 2 aliphatic rings. The monoisotopic (exact) mass is 357 g/mol. The van der Waals surface area contributed by atoms with E-state index in [0.29, 0.717) is 18.6 Å². The number of nitrogens with zero attached hydrogens (tertiary/aromatic N) is 1. The predicted molar refractivity (Wildman–Crippen MR) is 96.2 cm³/mol. The Hall–Kier alpha value is -1.08. The van der Waals surface area contributed by atoms with Crippen molar-refractivity contribution < 1.29 is 19.5 Å². The summed E-state index contributed by atoms with van der Waals surface area (Å²) in [5.74, 6) is 3.09. The molecule has 0 saturated carbocycles. The molecule has 1 fully saturated rings. The van der Waals surface area contributed by atoms with E-state index in [1.807, 2.05) is 6.92 Å². The molecule has 0 aromatic carbocycles. The molecular formula is C16H23NO4S2. The van der Waals surface area contributed by atoms with Gasteiger partial charge in [-0.1, -0.05) is 31.2 Å². The Labute approximate surface area is 145 Å². The van der Waals surface area contributed by atoms with Gasteiger partial charge in [0.2, 0.25) is 0 Å². The molecule has 128 valence electrons. The van der Waals surface area contributed by atoms with Crippen LogP contribution < -0.4 is 0 Å². The van der Waals surface area contributed by atoms with E-state index in [2.05, 4.69) is 11.7 Å². The van der Waals surface area contributed by atoms with Crippen LogP contribution in [0.1, 0.15) is 26.2 Å². The van der Waals surface area contributed by atoms with Crippen LogP contribution in [0.3, 0.4) is 0 Å². The SMILES string of the molecule is C=CCON=C(CCC)C1=C(O)CC2(CSCCSC2)OC1=O.